The first kappa shape index (κ1) is 12.6. The maximum Gasteiger partial charge on any atom is 0.404 e. The van der Waals surface area contributed by atoms with Crippen LogP contribution in [0, 0.1) is 0 Å². The van der Waals surface area contributed by atoms with E-state index in [1.165, 1.54) is 5.56 Å². The van der Waals surface area contributed by atoms with Crippen LogP contribution < -0.4 is 5.32 Å². The average Bonchev–Trinajstić information content (AvgIpc) is 2.77. The third-order valence-corrected chi connectivity index (χ3v) is 4.45. The molecule has 1 fully saturated rings. The molecule has 2 atom stereocenters. The Balaban J connectivity index is 1.94. The number of nitrogens with one attached hydrogen (secondary N) is 1. The zero-order chi connectivity index (χ0) is 12.3. The van der Waals surface area contributed by atoms with Crippen LogP contribution in [0.5, 0.6) is 0 Å². The van der Waals surface area contributed by atoms with Crippen molar-refractivity contribution >= 4 is 28.7 Å². The quantitative estimate of drug-likeness (QED) is 0.502. The number of rotatable bonds is 3. The lowest BCUT2D eigenvalue weighted by atomic mass is 10.2. The first-order valence-electron chi connectivity index (χ1n) is 5.59. The minimum absolute atomic E-state index is 0.0634. The third kappa shape index (κ3) is 3.32. The minimum atomic E-state index is -0.929. The summed E-state index contributed by atoms with van der Waals surface area (Å²) >= 11 is 2.40. The third-order valence-electron chi connectivity index (χ3n) is 2.94. The Morgan fingerprint density at radius 1 is 1.47 bits per heavy atom. The number of halogens is 1. The second-order valence-corrected chi connectivity index (χ2v) is 5.36. The Morgan fingerprint density at radius 3 is 2.82 bits per heavy atom. The standard InChI is InChI=1S/C12H15IN2O2/c13-11(9-4-2-1-3-5-9)15-7-6-10(8-15)14-12(16)17/h1-5,10-11,14H,6-8H2,(H,16,17). The lowest BCUT2D eigenvalue weighted by Gasteiger charge is -2.23. The van der Waals surface area contributed by atoms with Gasteiger partial charge in [0.1, 0.15) is 0 Å². The van der Waals surface area contributed by atoms with Crippen LogP contribution in [-0.2, 0) is 0 Å². The maximum atomic E-state index is 10.6. The van der Waals surface area contributed by atoms with Crippen molar-refractivity contribution in [1.29, 1.82) is 0 Å². The maximum absolute atomic E-state index is 10.6. The first-order chi connectivity index (χ1) is 8.16. The summed E-state index contributed by atoms with van der Waals surface area (Å²) in [6.45, 7) is 1.72. The van der Waals surface area contributed by atoms with Gasteiger partial charge >= 0.3 is 6.09 Å². The van der Waals surface area contributed by atoms with Gasteiger partial charge in [0.15, 0.2) is 0 Å². The number of alkyl halides is 1. The lowest BCUT2D eigenvalue weighted by molar-refractivity contribution is 0.189. The molecule has 0 aliphatic carbocycles. The fourth-order valence-corrected chi connectivity index (χ4v) is 3.03. The molecular weight excluding hydrogens is 331 g/mol. The second kappa shape index (κ2) is 5.68. The number of nitrogens with zero attached hydrogens (tertiary/aromatic N) is 1. The molecule has 1 saturated heterocycles. The van der Waals surface area contributed by atoms with E-state index < -0.39 is 6.09 Å². The van der Waals surface area contributed by atoms with E-state index in [1.807, 2.05) is 18.2 Å². The molecule has 1 aromatic carbocycles. The molecule has 1 aliphatic rings. The van der Waals surface area contributed by atoms with Gasteiger partial charge in [0.2, 0.25) is 0 Å². The summed E-state index contributed by atoms with van der Waals surface area (Å²) in [6, 6.07) is 10.3. The number of hydrogen-bond donors (Lipinski definition) is 2. The fraction of sp³-hybridized carbons (Fsp3) is 0.417. The molecule has 0 saturated carbocycles. The molecule has 2 rings (SSSR count). The van der Waals surface area contributed by atoms with Crippen LogP contribution in [0.25, 0.3) is 0 Å². The van der Waals surface area contributed by atoms with Gasteiger partial charge in [0.05, 0.1) is 4.05 Å². The minimum Gasteiger partial charge on any atom is -0.465 e. The highest BCUT2D eigenvalue weighted by Gasteiger charge is 2.28. The van der Waals surface area contributed by atoms with Crippen LogP contribution >= 0.6 is 22.6 Å². The van der Waals surface area contributed by atoms with E-state index in [1.54, 1.807) is 0 Å². The zero-order valence-electron chi connectivity index (χ0n) is 9.34. The predicted octanol–water partition coefficient (Wildman–Crippen LogP) is 2.46. The summed E-state index contributed by atoms with van der Waals surface area (Å²) in [7, 11) is 0. The summed E-state index contributed by atoms with van der Waals surface area (Å²) < 4.78 is 0.314. The summed E-state index contributed by atoms with van der Waals surface area (Å²) in [6.07, 6.45) is -0.0416. The number of amides is 1. The van der Waals surface area contributed by atoms with Crippen LogP contribution in [0.1, 0.15) is 16.0 Å². The molecule has 92 valence electrons. The Morgan fingerprint density at radius 2 is 2.18 bits per heavy atom. The zero-order valence-corrected chi connectivity index (χ0v) is 11.5. The molecule has 17 heavy (non-hydrogen) atoms. The lowest BCUT2D eigenvalue weighted by Crippen LogP contribution is -2.36. The van der Waals surface area contributed by atoms with E-state index in [0.29, 0.717) is 4.05 Å². The molecule has 0 radical (unpaired) electrons. The van der Waals surface area contributed by atoms with Gasteiger partial charge in [-0.25, -0.2) is 4.79 Å². The largest absolute Gasteiger partial charge is 0.465 e. The van der Waals surface area contributed by atoms with Gasteiger partial charge in [0, 0.05) is 19.1 Å². The Bertz CT molecular complexity index is 385. The molecule has 2 N–H and O–H groups in total. The van der Waals surface area contributed by atoms with Crippen molar-refractivity contribution in [1.82, 2.24) is 10.2 Å². The van der Waals surface area contributed by atoms with Crippen molar-refractivity contribution in [2.75, 3.05) is 13.1 Å². The number of carboxylic acid groups (broad SMARTS) is 1. The van der Waals surface area contributed by atoms with Crippen LogP contribution in [-0.4, -0.2) is 35.2 Å². The van der Waals surface area contributed by atoms with Gasteiger partial charge in [-0.2, -0.15) is 0 Å². The molecule has 2 unspecified atom stereocenters. The molecule has 1 heterocycles. The van der Waals surface area contributed by atoms with Crippen molar-refractivity contribution in [3.05, 3.63) is 35.9 Å². The summed E-state index contributed by atoms with van der Waals surface area (Å²) in [5.74, 6) is 0. The molecule has 0 spiro atoms. The highest BCUT2D eigenvalue weighted by molar-refractivity contribution is 14.1. The predicted molar refractivity (Wildman–Crippen MR) is 74.3 cm³/mol. The smallest absolute Gasteiger partial charge is 0.404 e. The van der Waals surface area contributed by atoms with Crippen molar-refractivity contribution in [3.8, 4) is 0 Å². The van der Waals surface area contributed by atoms with Gasteiger partial charge in [-0.1, -0.05) is 52.9 Å². The number of carbonyl (C=O) groups is 1. The van der Waals surface area contributed by atoms with Crippen LogP contribution in [0.15, 0.2) is 30.3 Å². The highest BCUT2D eigenvalue weighted by Crippen LogP contribution is 2.30. The van der Waals surface area contributed by atoms with E-state index in [9.17, 15) is 4.79 Å². The van der Waals surface area contributed by atoms with Gasteiger partial charge in [-0.3, -0.25) is 4.90 Å². The van der Waals surface area contributed by atoms with Crippen molar-refractivity contribution in [2.24, 2.45) is 0 Å². The monoisotopic (exact) mass is 346 g/mol. The fourth-order valence-electron chi connectivity index (χ4n) is 2.11. The van der Waals surface area contributed by atoms with Gasteiger partial charge in [0.25, 0.3) is 0 Å². The molecular formula is C12H15IN2O2. The van der Waals surface area contributed by atoms with Gasteiger partial charge in [-0.05, 0) is 12.0 Å². The van der Waals surface area contributed by atoms with Crippen LogP contribution in [0.2, 0.25) is 0 Å². The van der Waals surface area contributed by atoms with Crippen LogP contribution in [0.3, 0.4) is 0 Å². The molecule has 0 bridgehead atoms. The van der Waals surface area contributed by atoms with Gasteiger partial charge in [-0.15, -0.1) is 0 Å². The molecule has 1 aromatic rings. The van der Waals surface area contributed by atoms with Crippen molar-refractivity contribution < 1.29 is 9.90 Å². The number of likely N-dealkylation sites (tertiary alicyclic amines) is 1. The SMILES string of the molecule is O=C(O)NC1CCN(C(I)c2ccccc2)C1. The summed E-state index contributed by atoms with van der Waals surface area (Å²) in [5, 5.41) is 11.2. The summed E-state index contributed by atoms with van der Waals surface area (Å²) in [4.78, 5) is 12.9. The van der Waals surface area contributed by atoms with E-state index >= 15 is 0 Å². The first-order valence-corrected chi connectivity index (χ1v) is 6.84. The van der Waals surface area contributed by atoms with E-state index in [2.05, 4.69) is 44.9 Å². The second-order valence-electron chi connectivity index (χ2n) is 4.18. The highest BCUT2D eigenvalue weighted by atomic mass is 127. The number of hydrogen-bond acceptors (Lipinski definition) is 2. The van der Waals surface area contributed by atoms with Crippen molar-refractivity contribution in [2.45, 2.75) is 16.5 Å². The molecule has 0 aromatic heterocycles. The Kier molecular flexibility index (Phi) is 4.22. The van der Waals surface area contributed by atoms with E-state index in [-0.39, 0.29) is 6.04 Å². The normalized spacial score (nSPS) is 22.3. The molecule has 5 heteroatoms. The Hall–Kier alpha value is -0.820. The summed E-state index contributed by atoms with van der Waals surface area (Å²) in [5.41, 5.74) is 1.27. The van der Waals surface area contributed by atoms with Crippen molar-refractivity contribution in [3.63, 3.8) is 0 Å². The van der Waals surface area contributed by atoms with Crippen LogP contribution in [0.4, 0.5) is 4.79 Å². The Labute approximate surface area is 114 Å². The number of benzene rings is 1. The molecule has 4 nitrogen and oxygen atoms in total. The average molecular weight is 346 g/mol. The topological polar surface area (TPSA) is 52.6 Å². The molecule has 1 amide bonds. The van der Waals surface area contributed by atoms with E-state index in [0.717, 1.165) is 19.5 Å². The van der Waals surface area contributed by atoms with E-state index in [4.69, 9.17) is 5.11 Å². The molecule has 1 aliphatic heterocycles. The van der Waals surface area contributed by atoms with Gasteiger partial charge < -0.3 is 10.4 Å².